The standard InChI is InChI=1S/C27H32N2O4S.C20H24BrNO3S/c1-18-8-15-23(26(28-18)33-6)21-16-20(25(32-5)24(17-21)27(2,3)4)12-9-19-10-13-22(14-11-19)29-34(7,30)31;1-20(2,3)18-13-16(21)12-15(19(18)25-4)9-6-14-7-10-17(11-8-14)22-26(5,23)24/h8-17,29H,1-7H3;6-13,22H,1-5H3/b12-9+;9-6+. The van der Waals surface area contributed by atoms with Crippen LogP contribution < -0.4 is 23.7 Å². The first kappa shape index (κ1) is 47.6. The minimum absolute atomic E-state index is 0.0450. The van der Waals surface area contributed by atoms with Gasteiger partial charge in [-0.05, 0) is 95.1 Å². The molecule has 0 aliphatic heterocycles. The second-order valence-electron chi connectivity index (χ2n) is 16.4. The van der Waals surface area contributed by atoms with Crippen LogP contribution in [0.3, 0.4) is 0 Å². The first-order valence-electron chi connectivity index (χ1n) is 19.0. The quantitative estimate of drug-likeness (QED) is 0.118. The molecule has 0 aliphatic rings. The van der Waals surface area contributed by atoms with Crippen molar-refractivity contribution in [3.8, 4) is 28.5 Å². The highest BCUT2D eigenvalue weighted by atomic mass is 79.9. The lowest BCUT2D eigenvalue weighted by molar-refractivity contribution is 0.395. The number of aryl methyl sites for hydroxylation is 1. The Kier molecular flexibility index (Phi) is 15.5. The average molecular weight is 919 g/mol. The Morgan fingerprint density at radius 2 is 1.02 bits per heavy atom. The third-order valence-electron chi connectivity index (χ3n) is 9.07. The molecule has 0 saturated carbocycles. The summed E-state index contributed by atoms with van der Waals surface area (Å²) in [4.78, 5) is 4.54. The Morgan fingerprint density at radius 1 is 0.583 bits per heavy atom. The van der Waals surface area contributed by atoms with E-state index in [2.05, 4.69) is 90.1 Å². The molecule has 0 fully saturated rings. The van der Waals surface area contributed by atoms with E-state index in [4.69, 9.17) is 14.2 Å². The van der Waals surface area contributed by atoms with Crippen molar-refractivity contribution in [3.05, 3.63) is 128 Å². The number of ether oxygens (including phenoxy) is 3. The monoisotopic (exact) mass is 917 g/mol. The summed E-state index contributed by atoms with van der Waals surface area (Å²) < 4.78 is 68.4. The van der Waals surface area contributed by atoms with Gasteiger partial charge in [0.15, 0.2) is 0 Å². The van der Waals surface area contributed by atoms with Gasteiger partial charge in [-0.2, -0.15) is 0 Å². The summed E-state index contributed by atoms with van der Waals surface area (Å²) in [5.41, 5.74) is 9.63. The highest BCUT2D eigenvalue weighted by Gasteiger charge is 2.24. The normalized spacial score (nSPS) is 12.2. The molecular formula is C47H56BrN3O7S2. The van der Waals surface area contributed by atoms with Crippen molar-refractivity contribution in [2.24, 2.45) is 0 Å². The largest absolute Gasteiger partial charge is 0.496 e. The minimum atomic E-state index is -3.31. The summed E-state index contributed by atoms with van der Waals surface area (Å²) in [5, 5.41) is 0. The van der Waals surface area contributed by atoms with Crippen LogP contribution in [-0.4, -0.2) is 55.7 Å². The second kappa shape index (κ2) is 19.5. The summed E-state index contributed by atoms with van der Waals surface area (Å²) in [6, 6.07) is 26.7. The Bertz CT molecular complexity index is 2570. The van der Waals surface area contributed by atoms with Crippen molar-refractivity contribution in [3.63, 3.8) is 0 Å². The summed E-state index contributed by atoms with van der Waals surface area (Å²) in [7, 11) is -1.59. The zero-order valence-electron chi connectivity index (χ0n) is 36.4. The fraction of sp³-hybridized carbons (Fsp3) is 0.298. The molecule has 4 aromatic carbocycles. The molecule has 10 nitrogen and oxygen atoms in total. The molecular weight excluding hydrogens is 863 g/mol. The van der Waals surface area contributed by atoms with Crippen LogP contribution in [0.2, 0.25) is 0 Å². The van der Waals surface area contributed by atoms with Crippen LogP contribution in [0.25, 0.3) is 35.4 Å². The fourth-order valence-corrected chi connectivity index (χ4v) is 7.88. The van der Waals surface area contributed by atoms with E-state index in [0.29, 0.717) is 17.3 Å². The Morgan fingerprint density at radius 3 is 1.42 bits per heavy atom. The van der Waals surface area contributed by atoms with Crippen molar-refractivity contribution in [1.82, 2.24) is 4.98 Å². The Balaban J connectivity index is 0.000000275. The fourth-order valence-electron chi connectivity index (χ4n) is 6.27. The molecule has 0 saturated heterocycles. The van der Waals surface area contributed by atoms with Crippen molar-refractivity contribution in [1.29, 1.82) is 0 Å². The number of pyridine rings is 1. The lowest BCUT2D eigenvalue weighted by atomic mass is 9.83. The smallest absolute Gasteiger partial charge is 0.229 e. The molecule has 0 amide bonds. The predicted molar refractivity (Wildman–Crippen MR) is 253 cm³/mol. The zero-order valence-corrected chi connectivity index (χ0v) is 39.6. The molecule has 2 N–H and O–H groups in total. The number of nitrogens with one attached hydrogen (secondary N) is 2. The van der Waals surface area contributed by atoms with E-state index in [-0.39, 0.29) is 10.8 Å². The molecule has 0 unspecified atom stereocenters. The van der Waals surface area contributed by atoms with Crippen molar-refractivity contribution < 1.29 is 31.0 Å². The van der Waals surface area contributed by atoms with Crippen LogP contribution in [0.15, 0.2) is 89.4 Å². The van der Waals surface area contributed by atoms with E-state index in [1.165, 1.54) is 0 Å². The van der Waals surface area contributed by atoms with Gasteiger partial charge >= 0.3 is 0 Å². The molecule has 1 aromatic heterocycles. The van der Waals surface area contributed by atoms with Crippen LogP contribution >= 0.6 is 15.9 Å². The van der Waals surface area contributed by atoms with Gasteiger partial charge in [0.2, 0.25) is 25.9 Å². The van der Waals surface area contributed by atoms with Gasteiger partial charge in [-0.15, -0.1) is 0 Å². The van der Waals surface area contributed by atoms with Gasteiger partial charge in [0.25, 0.3) is 0 Å². The molecule has 13 heteroatoms. The number of halogens is 1. The van der Waals surface area contributed by atoms with Gasteiger partial charge in [-0.1, -0.05) is 106 Å². The van der Waals surface area contributed by atoms with Crippen LogP contribution in [0, 0.1) is 6.92 Å². The number of aromatic nitrogens is 1. The van der Waals surface area contributed by atoms with Crippen molar-refractivity contribution in [2.45, 2.75) is 59.3 Å². The molecule has 60 heavy (non-hydrogen) atoms. The number of nitrogens with zero attached hydrogens (tertiary/aromatic N) is 1. The number of methoxy groups -OCH3 is 3. The molecule has 5 aromatic rings. The van der Waals surface area contributed by atoms with E-state index >= 15 is 0 Å². The number of hydrogen-bond donors (Lipinski definition) is 2. The van der Waals surface area contributed by atoms with E-state index in [9.17, 15) is 16.8 Å². The predicted octanol–water partition coefficient (Wildman–Crippen LogP) is 11.2. The zero-order chi connectivity index (χ0) is 44.6. The summed E-state index contributed by atoms with van der Waals surface area (Å²) in [5.74, 6) is 2.24. The van der Waals surface area contributed by atoms with Gasteiger partial charge in [-0.25, -0.2) is 21.8 Å². The SMILES string of the molecule is COc1c(/C=C/c2ccc(NS(C)(=O)=O)cc2)cc(Br)cc1C(C)(C)C.COc1nc(C)ccc1-c1cc(/C=C/c2ccc(NS(C)(=O)=O)cc2)c(OC)c(C(C)(C)C)c1. The van der Waals surface area contributed by atoms with Gasteiger partial charge < -0.3 is 14.2 Å². The van der Waals surface area contributed by atoms with E-state index in [1.54, 1.807) is 45.6 Å². The number of hydrogen-bond acceptors (Lipinski definition) is 8. The third kappa shape index (κ3) is 13.7. The summed E-state index contributed by atoms with van der Waals surface area (Å²) in [6.07, 6.45) is 10.2. The molecule has 320 valence electrons. The lowest BCUT2D eigenvalue weighted by Crippen LogP contribution is -2.14. The van der Waals surface area contributed by atoms with Gasteiger partial charge in [0, 0.05) is 49.4 Å². The molecule has 1 heterocycles. The van der Waals surface area contributed by atoms with Gasteiger partial charge in [0.1, 0.15) is 11.5 Å². The molecule has 0 atom stereocenters. The van der Waals surface area contributed by atoms with Crippen molar-refractivity contribution in [2.75, 3.05) is 43.3 Å². The average Bonchev–Trinajstić information content (AvgIpc) is 3.15. The highest BCUT2D eigenvalue weighted by Crippen LogP contribution is 2.41. The van der Waals surface area contributed by atoms with Gasteiger partial charge in [0.05, 0.1) is 33.8 Å². The Labute approximate surface area is 365 Å². The van der Waals surface area contributed by atoms with E-state index in [0.717, 1.165) is 78.7 Å². The second-order valence-corrected chi connectivity index (χ2v) is 20.8. The number of benzene rings is 4. The lowest BCUT2D eigenvalue weighted by Gasteiger charge is -2.25. The molecule has 5 rings (SSSR count). The van der Waals surface area contributed by atoms with Crippen LogP contribution in [0.4, 0.5) is 11.4 Å². The topological polar surface area (TPSA) is 133 Å². The van der Waals surface area contributed by atoms with Crippen LogP contribution in [0.1, 0.15) is 80.6 Å². The highest BCUT2D eigenvalue weighted by molar-refractivity contribution is 9.10. The summed E-state index contributed by atoms with van der Waals surface area (Å²) >= 11 is 3.58. The molecule has 0 bridgehead atoms. The molecule has 0 aliphatic carbocycles. The Hall–Kier alpha value is -5.11. The number of anilines is 2. The van der Waals surface area contributed by atoms with Crippen molar-refractivity contribution >= 4 is 71.7 Å². The maximum absolute atomic E-state index is 11.4. The number of sulfonamides is 2. The first-order chi connectivity index (χ1) is 27.9. The first-order valence-corrected chi connectivity index (χ1v) is 23.6. The maximum Gasteiger partial charge on any atom is 0.229 e. The minimum Gasteiger partial charge on any atom is -0.496 e. The third-order valence-corrected chi connectivity index (χ3v) is 10.7. The van der Waals surface area contributed by atoms with Crippen LogP contribution in [0.5, 0.6) is 17.4 Å². The number of rotatable bonds is 12. The van der Waals surface area contributed by atoms with Gasteiger partial charge in [-0.3, -0.25) is 9.44 Å². The summed E-state index contributed by atoms with van der Waals surface area (Å²) in [6.45, 7) is 14.8. The molecule has 0 radical (unpaired) electrons. The van der Waals surface area contributed by atoms with E-state index < -0.39 is 20.0 Å². The van der Waals surface area contributed by atoms with Crippen LogP contribution in [-0.2, 0) is 30.9 Å². The van der Waals surface area contributed by atoms with E-state index in [1.807, 2.05) is 73.7 Å². The molecule has 0 spiro atoms. The maximum atomic E-state index is 11.4.